The van der Waals surface area contributed by atoms with Crippen LogP contribution < -0.4 is 10.1 Å². The average molecular weight is 284 g/mol. The Hall–Kier alpha value is -1.87. The summed E-state index contributed by atoms with van der Waals surface area (Å²) in [5.74, 6) is 2.21. The Morgan fingerprint density at radius 1 is 1.14 bits per heavy atom. The summed E-state index contributed by atoms with van der Waals surface area (Å²) in [4.78, 5) is 4.36. The van der Waals surface area contributed by atoms with Gasteiger partial charge in [-0.25, -0.2) is 0 Å². The second-order valence-electron chi connectivity index (χ2n) is 5.49. The zero-order valence-corrected chi connectivity index (χ0v) is 13.1. The molecule has 2 rings (SSSR count). The minimum absolute atomic E-state index is 0.500. The van der Waals surface area contributed by atoms with Crippen LogP contribution in [0.1, 0.15) is 44.4 Å². The monoisotopic (exact) mass is 284 g/mol. The molecule has 0 aliphatic heterocycles. The van der Waals surface area contributed by atoms with Crippen LogP contribution in [0.3, 0.4) is 0 Å². The molecule has 3 nitrogen and oxygen atoms in total. The highest BCUT2D eigenvalue weighted by Gasteiger charge is 2.03. The van der Waals surface area contributed by atoms with Gasteiger partial charge in [0, 0.05) is 18.8 Å². The number of hydrogen-bond acceptors (Lipinski definition) is 3. The van der Waals surface area contributed by atoms with Gasteiger partial charge >= 0.3 is 0 Å². The van der Waals surface area contributed by atoms with Gasteiger partial charge in [0.25, 0.3) is 0 Å². The summed E-state index contributed by atoms with van der Waals surface area (Å²) in [6, 6.07) is 12.1. The van der Waals surface area contributed by atoms with Gasteiger partial charge < -0.3 is 10.1 Å². The Morgan fingerprint density at radius 2 is 1.95 bits per heavy atom. The number of benzene rings is 1. The van der Waals surface area contributed by atoms with E-state index in [0.717, 1.165) is 36.7 Å². The summed E-state index contributed by atoms with van der Waals surface area (Å²) >= 11 is 0. The lowest BCUT2D eigenvalue weighted by Gasteiger charge is -2.10. The quantitative estimate of drug-likeness (QED) is 0.760. The third-order valence-corrected chi connectivity index (χ3v) is 3.28. The largest absolute Gasteiger partial charge is 0.457 e. The Labute approximate surface area is 127 Å². The topological polar surface area (TPSA) is 34.1 Å². The van der Waals surface area contributed by atoms with E-state index in [2.05, 4.69) is 43.2 Å². The van der Waals surface area contributed by atoms with Crippen molar-refractivity contribution < 1.29 is 4.74 Å². The molecule has 0 unspecified atom stereocenters. The molecule has 0 aliphatic carbocycles. The molecule has 21 heavy (non-hydrogen) atoms. The normalized spacial score (nSPS) is 10.9. The van der Waals surface area contributed by atoms with Gasteiger partial charge in [-0.05, 0) is 42.6 Å². The lowest BCUT2D eigenvalue weighted by molar-refractivity contribution is 0.479. The number of ether oxygens (including phenoxy) is 1. The van der Waals surface area contributed by atoms with E-state index in [1.165, 1.54) is 5.56 Å². The summed E-state index contributed by atoms with van der Waals surface area (Å²) in [5.41, 5.74) is 2.28. The van der Waals surface area contributed by atoms with Crippen molar-refractivity contribution in [2.45, 2.75) is 39.7 Å². The molecule has 0 aliphatic rings. The van der Waals surface area contributed by atoms with Crippen molar-refractivity contribution in [1.82, 2.24) is 10.3 Å². The molecule has 1 heterocycles. The van der Waals surface area contributed by atoms with Gasteiger partial charge in [0.05, 0.1) is 5.69 Å². The first-order valence-corrected chi connectivity index (χ1v) is 7.62. The Kier molecular flexibility index (Phi) is 5.76. The number of nitrogens with one attached hydrogen (secondary N) is 1. The highest BCUT2D eigenvalue weighted by molar-refractivity contribution is 5.35. The molecule has 0 atom stereocenters. The molecule has 0 spiro atoms. The van der Waals surface area contributed by atoms with Crippen molar-refractivity contribution >= 4 is 0 Å². The first-order chi connectivity index (χ1) is 10.2. The fourth-order valence-electron chi connectivity index (χ4n) is 2.08. The number of nitrogens with zero attached hydrogens (tertiary/aromatic N) is 1. The van der Waals surface area contributed by atoms with Crippen LogP contribution in [-0.4, -0.2) is 11.5 Å². The highest BCUT2D eigenvalue weighted by Crippen LogP contribution is 2.25. The maximum Gasteiger partial charge on any atom is 0.130 e. The van der Waals surface area contributed by atoms with Crippen LogP contribution in [0, 0.1) is 0 Å². The van der Waals surface area contributed by atoms with E-state index in [-0.39, 0.29) is 0 Å². The summed E-state index contributed by atoms with van der Waals surface area (Å²) in [6.07, 6.45) is 2.92. The van der Waals surface area contributed by atoms with E-state index in [1.807, 2.05) is 24.3 Å². The second kappa shape index (κ2) is 7.79. The fraction of sp³-hybridized carbons (Fsp3) is 0.389. The van der Waals surface area contributed by atoms with E-state index < -0.39 is 0 Å². The Morgan fingerprint density at radius 3 is 2.71 bits per heavy atom. The third kappa shape index (κ3) is 4.87. The lowest BCUT2D eigenvalue weighted by atomic mass is 10.0. The predicted molar refractivity (Wildman–Crippen MR) is 86.8 cm³/mol. The van der Waals surface area contributed by atoms with Crippen LogP contribution in [0.5, 0.6) is 11.5 Å². The molecule has 0 radical (unpaired) electrons. The second-order valence-corrected chi connectivity index (χ2v) is 5.49. The van der Waals surface area contributed by atoms with E-state index in [4.69, 9.17) is 4.74 Å². The standard InChI is InChI=1S/C18H24N2O/c1-4-9-19-13-16-12-18(8-10-20-16)21-17-7-5-6-15(11-17)14(2)3/h5-8,10-12,14,19H,4,9,13H2,1-3H3. The van der Waals surface area contributed by atoms with Crippen LogP contribution >= 0.6 is 0 Å². The SMILES string of the molecule is CCCNCc1cc(Oc2cccc(C(C)C)c2)ccn1. The molecular formula is C18H24N2O. The molecule has 0 fully saturated rings. The Balaban J connectivity index is 2.05. The van der Waals surface area contributed by atoms with Gasteiger partial charge in [0.2, 0.25) is 0 Å². The summed E-state index contributed by atoms with van der Waals surface area (Å²) in [5, 5.41) is 3.35. The molecule has 0 saturated carbocycles. The van der Waals surface area contributed by atoms with Crippen LogP contribution in [0.25, 0.3) is 0 Å². The molecule has 0 saturated heterocycles. The molecule has 0 amide bonds. The van der Waals surface area contributed by atoms with Gasteiger partial charge in [-0.2, -0.15) is 0 Å². The number of rotatable bonds is 7. The molecule has 3 heteroatoms. The molecule has 1 aromatic heterocycles. The summed E-state index contributed by atoms with van der Waals surface area (Å²) < 4.78 is 5.95. The maximum atomic E-state index is 5.95. The molecular weight excluding hydrogens is 260 g/mol. The van der Waals surface area contributed by atoms with Crippen molar-refractivity contribution in [2.75, 3.05) is 6.54 Å². The summed E-state index contributed by atoms with van der Waals surface area (Å²) in [7, 11) is 0. The zero-order chi connectivity index (χ0) is 15.1. The zero-order valence-electron chi connectivity index (χ0n) is 13.1. The predicted octanol–water partition coefficient (Wildman–Crippen LogP) is 4.50. The van der Waals surface area contributed by atoms with Crippen molar-refractivity contribution in [1.29, 1.82) is 0 Å². The smallest absolute Gasteiger partial charge is 0.130 e. The van der Waals surface area contributed by atoms with E-state index in [1.54, 1.807) is 6.20 Å². The van der Waals surface area contributed by atoms with Gasteiger partial charge in [0.1, 0.15) is 11.5 Å². The maximum absolute atomic E-state index is 5.95. The van der Waals surface area contributed by atoms with Gasteiger partial charge in [-0.1, -0.05) is 32.9 Å². The van der Waals surface area contributed by atoms with E-state index in [0.29, 0.717) is 5.92 Å². The minimum Gasteiger partial charge on any atom is -0.457 e. The first-order valence-electron chi connectivity index (χ1n) is 7.62. The van der Waals surface area contributed by atoms with Crippen LogP contribution in [0.2, 0.25) is 0 Å². The van der Waals surface area contributed by atoms with Crippen molar-refractivity contribution in [2.24, 2.45) is 0 Å². The molecule has 1 aromatic carbocycles. The lowest BCUT2D eigenvalue weighted by Crippen LogP contribution is -2.14. The molecule has 112 valence electrons. The fourth-order valence-corrected chi connectivity index (χ4v) is 2.08. The van der Waals surface area contributed by atoms with Crippen molar-refractivity contribution in [3.63, 3.8) is 0 Å². The van der Waals surface area contributed by atoms with E-state index >= 15 is 0 Å². The third-order valence-electron chi connectivity index (χ3n) is 3.28. The van der Waals surface area contributed by atoms with Crippen molar-refractivity contribution in [3.8, 4) is 11.5 Å². The van der Waals surface area contributed by atoms with Crippen molar-refractivity contribution in [3.05, 3.63) is 53.9 Å². The molecule has 2 aromatic rings. The van der Waals surface area contributed by atoms with Gasteiger partial charge in [-0.3, -0.25) is 4.98 Å². The van der Waals surface area contributed by atoms with Crippen LogP contribution in [-0.2, 0) is 6.54 Å². The van der Waals surface area contributed by atoms with Crippen LogP contribution in [0.4, 0.5) is 0 Å². The van der Waals surface area contributed by atoms with Gasteiger partial charge in [-0.15, -0.1) is 0 Å². The number of hydrogen-bond donors (Lipinski definition) is 1. The minimum atomic E-state index is 0.500. The average Bonchev–Trinajstić information content (AvgIpc) is 2.48. The summed E-state index contributed by atoms with van der Waals surface area (Å²) in [6.45, 7) is 8.30. The highest BCUT2D eigenvalue weighted by atomic mass is 16.5. The van der Waals surface area contributed by atoms with E-state index in [9.17, 15) is 0 Å². The molecule has 1 N–H and O–H groups in total. The molecule has 0 bridgehead atoms. The van der Waals surface area contributed by atoms with Crippen LogP contribution in [0.15, 0.2) is 42.6 Å². The Bertz CT molecular complexity index is 567. The first kappa shape index (κ1) is 15.5. The number of pyridine rings is 1. The van der Waals surface area contributed by atoms with Gasteiger partial charge in [0.15, 0.2) is 0 Å². The number of aromatic nitrogens is 1.